The van der Waals surface area contributed by atoms with Crippen LogP contribution < -0.4 is 0 Å². The highest BCUT2D eigenvalue weighted by molar-refractivity contribution is 5.77. The zero-order chi connectivity index (χ0) is 8.43. The second-order valence-electron chi connectivity index (χ2n) is 3.90. The van der Waals surface area contributed by atoms with Crippen LogP contribution in [-0.2, 0) is 4.79 Å². The lowest BCUT2D eigenvalue weighted by molar-refractivity contribution is -0.120. The second-order valence-corrected chi connectivity index (χ2v) is 3.90. The van der Waals surface area contributed by atoms with Crippen molar-refractivity contribution in [2.75, 3.05) is 19.6 Å². The Kier molecular flexibility index (Phi) is 2.66. The number of hydrogen-bond donors (Lipinski definition) is 0. The normalized spacial score (nSPS) is 20.4. The standard InChI is InChI=1S/C9H17NO/c1-7(2)9-5-10(6-9)4-8(3)11/h7,9H,4-6H2,1-3H3. The molecule has 0 atom stereocenters. The van der Waals surface area contributed by atoms with Gasteiger partial charge in [0.1, 0.15) is 5.78 Å². The van der Waals surface area contributed by atoms with Gasteiger partial charge in [0, 0.05) is 13.1 Å². The van der Waals surface area contributed by atoms with Gasteiger partial charge in [0.05, 0.1) is 6.54 Å². The Bertz CT molecular complexity index is 148. The highest BCUT2D eigenvalue weighted by atomic mass is 16.1. The van der Waals surface area contributed by atoms with Crippen LogP contribution in [0.15, 0.2) is 0 Å². The van der Waals surface area contributed by atoms with Gasteiger partial charge in [-0.2, -0.15) is 0 Å². The quantitative estimate of drug-likeness (QED) is 0.609. The monoisotopic (exact) mass is 155 g/mol. The lowest BCUT2D eigenvalue weighted by Crippen LogP contribution is -2.50. The van der Waals surface area contributed by atoms with E-state index >= 15 is 0 Å². The second kappa shape index (κ2) is 3.35. The predicted octanol–water partition coefficient (Wildman–Crippen LogP) is 1.16. The molecule has 0 radical (unpaired) electrons. The number of rotatable bonds is 3. The van der Waals surface area contributed by atoms with Gasteiger partial charge in [-0.3, -0.25) is 9.69 Å². The van der Waals surface area contributed by atoms with E-state index in [1.807, 2.05) is 0 Å². The zero-order valence-electron chi connectivity index (χ0n) is 7.63. The number of carbonyl (C=O) groups excluding carboxylic acids is 1. The molecule has 11 heavy (non-hydrogen) atoms. The molecular weight excluding hydrogens is 138 g/mol. The molecule has 2 heteroatoms. The molecule has 0 saturated carbocycles. The molecule has 1 fully saturated rings. The van der Waals surface area contributed by atoms with E-state index in [-0.39, 0.29) is 5.78 Å². The Hall–Kier alpha value is -0.370. The number of nitrogens with zero attached hydrogens (tertiary/aromatic N) is 1. The van der Waals surface area contributed by atoms with Crippen molar-refractivity contribution in [1.29, 1.82) is 0 Å². The first-order valence-electron chi connectivity index (χ1n) is 4.31. The number of ketones is 1. The van der Waals surface area contributed by atoms with Gasteiger partial charge in [-0.25, -0.2) is 0 Å². The predicted molar refractivity (Wildman–Crippen MR) is 45.4 cm³/mol. The summed E-state index contributed by atoms with van der Waals surface area (Å²) in [5, 5.41) is 0. The van der Waals surface area contributed by atoms with E-state index in [4.69, 9.17) is 0 Å². The van der Waals surface area contributed by atoms with Crippen molar-refractivity contribution in [3.63, 3.8) is 0 Å². The van der Waals surface area contributed by atoms with Crippen LogP contribution in [0.25, 0.3) is 0 Å². The van der Waals surface area contributed by atoms with Crippen LogP contribution in [-0.4, -0.2) is 30.3 Å². The Balaban J connectivity index is 2.14. The highest BCUT2D eigenvalue weighted by Gasteiger charge is 2.28. The molecule has 0 spiro atoms. The van der Waals surface area contributed by atoms with Gasteiger partial charge in [0.25, 0.3) is 0 Å². The number of carbonyl (C=O) groups is 1. The molecule has 0 aromatic heterocycles. The van der Waals surface area contributed by atoms with Gasteiger partial charge in [-0.1, -0.05) is 13.8 Å². The van der Waals surface area contributed by atoms with Gasteiger partial charge < -0.3 is 0 Å². The summed E-state index contributed by atoms with van der Waals surface area (Å²) in [6, 6.07) is 0. The lowest BCUT2D eigenvalue weighted by atomic mass is 9.88. The average Bonchev–Trinajstić information content (AvgIpc) is 1.75. The fourth-order valence-corrected chi connectivity index (χ4v) is 1.48. The molecule has 0 unspecified atom stereocenters. The smallest absolute Gasteiger partial charge is 0.143 e. The van der Waals surface area contributed by atoms with Crippen LogP contribution in [0.3, 0.4) is 0 Å². The minimum Gasteiger partial charge on any atom is -0.299 e. The summed E-state index contributed by atoms with van der Waals surface area (Å²) >= 11 is 0. The molecule has 0 bridgehead atoms. The molecule has 1 saturated heterocycles. The van der Waals surface area contributed by atoms with E-state index in [2.05, 4.69) is 18.7 Å². The van der Waals surface area contributed by atoms with Crippen LogP contribution in [0.5, 0.6) is 0 Å². The van der Waals surface area contributed by atoms with Crippen LogP contribution >= 0.6 is 0 Å². The van der Waals surface area contributed by atoms with E-state index in [9.17, 15) is 4.79 Å². The van der Waals surface area contributed by atoms with Crippen molar-refractivity contribution in [1.82, 2.24) is 4.90 Å². The van der Waals surface area contributed by atoms with Gasteiger partial charge in [-0.05, 0) is 18.8 Å². The molecule has 64 valence electrons. The SMILES string of the molecule is CC(=O)CN1CC(C(C)C)C1. The van der Waals surface area contributed by atoms with Gasteiger partial charge in [0.15, 0.2) is 0 Å². The van der Waals surface area contributed by atoms with Gasteiger partial charge in [0.2, 0.25) is 0 Å². The molecule has 0 N–H and O–H groups in total. The molecule has 2 nitrogen and oxygen atoms in total. The first-order valence-corrected chi connectivity index (χ1v) is 4.31. The fraction of sp³-hybridized carbons (Fsp3) is 0.889. The summed E-state index contributed by atoms with van der Waals surface area (Å²) in [6.07, 6.45) is 0. The topological polar surface area (TPSA) is 20.3 Å². The van der Waals surface area contributed by atoms with Crippen LogP contribution in [0.4, 0.5) is 0 Å². The maximum Gasteiger partial charge on any atom is 0.143 e. The minimum atomic E-state index is 0.284. The summed E-state index contributed by atoms with van der Waals surface area (Å²) in [7, 11) is 0. The zero-order valence-corrected chi connectivity index (χ0v) is 7.63. The van der Waals surface area contributed by atoms with E-state index in [0.29, 0.717) is 6.54 Å². The Morgan fingerprint density at radius 2 is 2.09 bits per heavy atom. The highest BCUT2D eigenvalue weighted by Crippen LogP contribution is 2.22. The third-order valence-corrected chi connectivity index (χ3v) is 2.37. The molecule has 1 aliphatic rings. The van der Waals surface area contributed by atoms with E-state index in [0.717, 1.165) is 24.9 Å². The number of likely N-dealkylation sites (tertiary alicyclic amines) is 1. The van der Waals surface area contributed by atoms with Crippen molar-refractivity contribution < 1.29 is 4.79 Å². The van der Waals surface area contributed by atoms with Crippen molar-refractivity contribution in [3.05, 3.63) is 0 Å². The van der Waals surface area contributed by atoms with E-state index in [1.54, 1.807) is 6.92 Å². The molecular formula is C9H17NO. The van der Waals surface area contributed by atoms with Crippen molar-refractivity contribution in [2.24, 2.45) is 11.8 Å². The summed E-state index contributed by atoms with van der Waals surface area (Å²) in [4.78, 5) is 12.9. The Morgan fingerprint density at radius 1 is 1.55 bits per heavy atom. The maximum atomic E-state index is 10.7. The third kappa shape index (κ3) is 2.29. The van der Waals surface area contributed by atoms with E-state index < -0.39 is 0 Å². The molecule has 1 aliphatic heterocycles. The first-order chi connectivity index (χ1) is 5.09. The Morgan fingerprint density at radius 3 is 2.45 bits per heavy atom. The van der Waals surface area contributed by atoms with E-state index in [1.165, 1.54) is 0 Å². The van der Waals surface area contributed by atoms with Crippen molar-refractivity contribution in [3.8, 4) is 0 Å². The molecule has 1 heterocycles. The average molecular weight is 155 g/mol. The fourth-order valence-electron chi connectivity index (χ4n) is 1.48. The number of hydrogen-bond acceptors (Lipinski definition) is 2. The van der Waals surface area contributed by atoms with Crippen LogP contribution in [0.1, 0.15) is 20.8 Å². The van der Waals surface area contributed by atoms with Crippen LogP contribution in [0.2, 0.25) is 0 Å². The molecule has 0 aromatic rings. The van der Waals surface area contributed by atoms with Crippen LogP contribution in [0, 0.1) is 11.8 Å². The first kappa shape index (κ1) is 8.72. The van der Waals surface area contributed by atoms with Crippen molar-refractivity contribution in [2.45, 2.75) is 20.8 Å². The van der Waals surface area contributed by atoms with Gasteiger partial charge in [-0.15, -0.1) is 0 Å². The molecule has 0 aromatic carbocycles. The van der Waals surface area contributed by atoms with Gasteiger partial charge >= 0.3 is 0 Å². The molecule has 1 rings (SSSR count). The third-order valence-electron chi connectivity index (χ3n) is 2.37. The lowest BCUT2D eigenvalue weighted by Gasteiger charge is -2.41. The maximum absolute atomic E-state index is 10.7. The number of Topliss-reactive ketones (excluding diaryl/α,β-unsaturated/α-hetero) is 1. The Labute approximate surface area is 68.6 Å². The summed E-state index contributed by atoms with van der Waals surface area (Å²) < 4.78 is 0. The molecule has 0 amide bonds. The summed E-state index contributed by atoms with van der Waals surface area (Å²) in [6.45, 7) is 9.05. The van der Waals surface area contributed by atoms with Crippen molar-refractivity contribution >= 4 is 5.78 Å². The minimum absolute atomic E-state index is 0.284. The summed E-state index contributed by atoms with van der Waals surface area (Å²) in [5.41, 5.74) is 0. The largest absolute Gasteiger partial charge is 0.299 e. The summed E-state index contributed by atoms with van der Waals surface area (Å²) in [5.74, 6) is 1.89. The molecule has 0 aliphatic carbocycles.